The zero-order valence-corrected chi connectivity index (χ0v) is 14.9. The normalized spacial score (nSPS) is 10.7. The Balaban J connectivity index is 4.06. The first-order valence-electron chi connectivity index (χ1n) is 9.18. The highest BCUT2D eigenvalue weighted by Crippen LogP contribution is 2.19. The first-order chi connectivity index (χ1) is 10.6. The molecule has 4 nitrogen and oxygen atoms in total. The Bertz CT molecular complexity index is 279. The van der Waals surface area contributed by atoms with E-state index in [0.717, 1.165) is 25.7 Å². The van der Waals surface area contributed by atoms with E-state index in [4.69, 9.17) is 0 Å². The molecule has 0 radical (unpaired) electrons. The Labute approximate surface area is 136 Å². The number of carbonyl (C=O) groups is 2. The standard InChI is InChI=1S/C18H36N2O2/c1-4-6-8-10-12-14-17(15-13-11-9-7-5-2)18(22)20-19-16(3)21/h17H,4-15H2,1-3H3,(H,19,21)(H,20,22). The van der Waals surface area contributed by atoms with Crippen molar-refractivity contribution in [2.24, 2.45) is 5.92 Å². The molecule has 0 unspecified atom stereocenters. The van der Waals surface area contributed by atoms with Crippen LogP contribution in [-0.4, -0.2) is 11.8 Å². The Morgan fingerprint density at radius 3 is 1.59 bits per heavy atom. The van der Waals surface area contributed by atoms with Crippen LogP contribution in [0.15, 0.2) is 0 Å². The second-order valence-corrected chi connectivity index (χ2v) is 6.27. The van der Waals surface area contributed by atoms with E-state index in [-0.39, 0.29) is 17.7 Å². The van der Waals surface area contributed by atoms with Crippen molar-refractivity contribution in [2.75, 3.05) is 0 Å². The highest BCUT2D eigenvalue weighted by molar-refractivity contribution is 5.82. The Morgan fingerprint density at radius 1 is 0.727 bits per heavy atom. The molecular weight excluding hydrogens is 276 g/mol. The van der Waals surface area contributed by atoms with Crippen LogP contribution in [0.25, 0.3) is 0 Å². The lowest BCUT2D eigenvalue weighted by Crippen LogP contribution is -2.43. The third-order valence-electron chi connectivity index (χ3n) is 4.04. The molecule has 0 saturated carbocycles. The van der Waals surface area contributed by atoms with Crippen molar-refractivity contribution < 1.29 is 9.59 Å². The van der Waals surface area contributed by atoms with E-state index in [1.807, 2.05) is 0 Å². The summed E-state index contributed by atoms with van der Waals surface area (Å²) in [6.45, 7) is 5.82. The van der Waals surface area contributed by atoms with Crippen molar-refractivity contribution in [2.45, 2.75) is 97.8 Å². The summed E-state index contributed by atoms with van der Waals surface area (Å²) in [4.78, 5) is 23.1. The van der Waals surface area contributed by atoms with Gasteiger partial charge in [0.1, 0.15) is 0 Å². The average Bonchev–Trinajstić information content (AvgIpc) is 2.50. The van der Waals surface area contributed by atoms with E-state index < -0.39 is 0 Å². The second kappa shape index (κ2) is 14.9. The van der Waals surface area contributed by atoms with Crippen LogP contribution >= 0.6 is 0 Å². The maximum atomic E-state index is 12.2. The number of carbonyl (C=O) groups excluding carboxylic acids is 2. The number of rotatable bonds is 13. The van der Waals surface area contributed by atoms with Gasteiger partial charge in [-0.2, -0.15) is 0 Å². The van der Waals surface area contributed by atoms with Crippen molar-refractivity contribution in [3.8, 4) is 0 Å². The zero-order chi connectivity index (χ0) is 16.6. The van der Waals surface area contributed by atoms with Gasteiger partial charge in [-0.15, -0.1) is 0 Å². The van der Waals surface area contributed by atoms with Gasteiger partial charge in [0, 0.05) is 12.8 Å². The summed E-state index contributed by atoms with van der Waals surface area (Å²) in [5.74, 6) is -0.214. The molecule has 0 saturated heterocycles. The minimum Gasteiger partial charge on any atom is -0.274 e. The maximum absolute atomic E-state index is 12.2. The molecule has 0 rings (SSSR count). The molecule has 0 aliphatic carbocycles. The van der Waals surface area contributed by atoms with Crippen LogP contribution in [0.1, 0.15) is 97.8 Å². The molecular formula is C18H36N2O2. The molecule has 0 aromatic heterocycles. The largest absolute Gasteiger partial charge is 0.274 e. The van der Waals surface area contributed by atoms with Gasteiger partial charge in [-0.3, -0.25) is 20.4 Å². The molecule has 4 heteroatoms. The number of unbranched alkanes of at least 4 members (excludes halogenated alkanes) is 8. The van der Waals surface area contributed by atoms with Gasteiger partial charge in [-0.05, 0) is 12.8 Å². The van der Waals surface area contributed by atoms with E-state index in [1.54, 1.807) is 0 Å². The third-order valence-corrected chi connectivity index (χ3v) is 4.04. The fourth-order valence-electron chi connectivity index (χ4n) is 2.65. The molecule has 0 aliphatic heterocycles. The van der Waals surface area contributed by atoms with Gasteiger partial charge in [0.25, 0.3) is 0 Å². The molecule has 0 heterocycles. The summed E-state index contributed by atoms with van der Waals surface area (Å²) in [6.07, 6.45) is 14.0. The summed E-state index contributed by atoms with van der Waals surface area (Å²) in [6, 6.07) is 0. The summed E-state index contributed by atoms with van der Waals surface area (Å²) in [5.41, 5.74) is 4.96. The van der Waals surface area contributed by atoms with Crippen LogP contribution in [-0.2, 0) is 9.59 Å². The van der Waals surface area contributed by atoms with Gasteiger partial charge in [0.05, 0.1) is 0 Å². The summed E-state index contributed by atoms with van der Waals surface area (Å²) < 4.78 is 0. The number of hydrogen-bond donors (Lipinski definition) is 2. The molecule has 0 aliphatic rings. The van der Waals surface area contributed by atoms with Gasteiger partial charge in [0.15, 0.2) is 0 Å². The van der Waals surface area contributed by atoms with E-state index >= 15 is 0 Å². The molecule has 0 aromatic carbocycles. The molecule has 2 amide bonds. The number of amides is 2. The van der Waals surface area contributed by atoms with Crippen molar-refractivity contribution in [3.63, 3.8) is 0 Å². The zero-order valence-electron chi connectivity index (χ0n) is 14.9. The van der Waals surface area contributed by atoms with E-state index in [0.29, 0.717) is 0 Å². The molecule has 22 heavy (non-hydrogen) atoms. The topological polar surface area (TPSA) is 58.2 Å². The highest BCUT2D eigenvalue weighted by atomic mass is 16.2. The molecule has 0 aromatic rings. The average molecular weight is 312 g/mol. The fourth-order valence-corrected chi connectivity index (χ4v) is 2.65. The fraction of sp³-hybridized carbons (Fsp3) is 0.889. The van der Waals surface area contributed by atoms with Gasteiger partial charge in [-0.25, -0.2) is 0 Å². The lowest BCUT2D eigenvalue weighted by atomic mass is 9.93. The lowest BCUT2D eigenvalue weighted by molar-refractivity contribution is -0.130. The van der Waals surface area contributed by atoms with Gasteiger partial charge in [0.2, 0.25) is 11.8 Å². The molecule has 2 N–H and O–H groups in total. The third kappa shape index (κ3) is 12.7. The van der Waals surface area contributed by atoms with E-state index in [2.05, 4.69) is 24.7 Å². The van der Waals surface area contributed by atoms with Crippen molar-refractivity contribution in [1.29, 1.82) is 0 Å². The molecule has 0 fully saturated rings. The Kier molecular flexibility index (Phi) is 14.1. The number of hydrogen-bond acceptors (Lipinski definition) is 2. The number of nitrogens with one attached hydrogen (secondary N) is 2. The van der Waals surface area contributed by atoms with Crippen LogP contribution in [0.4, 0.5) is 0 Å². The smallest absolute Gasteiger partial charge is 0.241 e. The van der Waals surface area contributed by atoms with Crippen LogP contribution in [0.3, 0.4) is 0 Å². The molecule has 0 spiro atoms. The van der Waals surface area contributed by atoms with Crippen LogP contribution in [0.5, 0.6) is 0 Å². The SMILES string of the molecule is CCCCCCCC(CCCCCCC)C(=O)NNC(C)=O. The van der Waals surface area contributed by atoms with Crippen molar-refractivity contribution >= 4 is 11.8 Å². The molecule has 0 atom stereocenters. The summed E-state index contributed by atoms with van der Waals surface area (Å²) in [7, 11) is 0. The monoisotopic (exact) mass is 312 g/mol. The summed E-state index contributed by atoms with van der Waals surface area (Å²) >= 11 is 0. The second-order valence-electron chi connectivity index (χ2n) is 6.27. The predicted octanol–water partition coefficient (Wildman–Crippen LogP) is 4.49. The first-order valence-corrected chi connectivity index (χ1v) is 9.18. The van der Waals surface area contributed by atoms with Crippen LogP contribution in [0, 0.1) is 5.92 Å². The minimum atomic E-state index is -0.224. The van der Waals surface area contributed by atoms with Gasteiger partial charge in [-0.1, -0.05) is 78.1 Å². The van der Waals surface area contributed by atoms with Gasteiger partial charge < -0.3 is 0 Å². The minimum absolute atomic E-state index is 0.0267. The maximum Gasteiger partial charge on any atom is 0.241 e. The quantitative estimate of drug-likeness (QED) is 0.389. The van der Waals surface area contributed by atoms with E-state index in [1.165, 1.54) is 58.3 Å². The lowest BCUT2D eigenvalue weighted by Gasteiger charge is -2.17. The van der Waals surface area contributed by atoms with Crippen LogP contribution in [0.2, 0.25) is 0 Å². The molecule has 0 bridgehead atoms. The summed E-state index contributed by atoms with van der Waals surface area (Å²) in [5, 5.41) is 0. The Hall–Kier alpha value is -1.06. The number of hydrazine groups is 1. The van der Waals surface area contributed by atoms with Crippen LogP contribution < -0.4 is 10.9 Å². The van der Waals surface area contributed by atoms with E-state index in [9.17, 15) is 9.59 Å². The Morgan fingerprint density at radius 2 is 1.18 bits per heavy atom. The van der Waals surface area contributed by atoms with Gasteiger partial charge >= 0.3 is 0 Å². The first kappa shape index (κ1) is 20.9. The van der Waals surface area contributed by atoms with Crippen molar-refractivity contribution in [1.82, 2.24) is 10.9 Å². The van der Waals surface area contributed by atoms with Crippen molar-refractivity contribution in [3.05, 3.63) is 0 Å². The molecule has 130 valence electrons. The highest BCUT2D eigenvalue weighted by Gasteiger charge is 2.17. The predicted molar refractivity (Wildman–Crippen MR) is 92.2 cm³/mol.